The first-order valence-electron chi connectivity index (χ1n) is 6.42. The third-order valence-corrected chi connectivity index (χ3v) is 3.07. The third kappa shape index (κ3) is 3.70. The van der Waals surface area contributed by atoms with E-state index < -0.39 is 0 Å². The van der Waals surface area contributed by atoms with Gasteiger partial charge in [0.1, 0.15) is 5.76 Å². The third-order valence-electron chi connectivity index (χ3n) is 3.07. The van der Waals surface area contributed by atoms with Crippen molar-refractivity contribution in [1.29, 1.82) is 0 Å². The summed E-state index contributed by atoms with van der Waals surface area (Å²) in [6.45, 7) is 5.84. The standard InChI is InChI=1S/C15H20N2O/c1-12(14-6-4-3-5-7-14)8-9-16-11-15-17-10-13(2)18-15/h3-7,10,12,16H,8-9,11H2,1-2H3. The highest BCUT2D eigenvalue weighted by atomic mass is 16.4. The van der Waals surface area contributed by atoms with Gasteiger partial charge in [-0.3, -0.25) is 0 Å². The van der Waals surface area contributed by atoms with E-state index in [9.17, 15) is 0 Å². The van der Waals surface area contributed by atoms with Crippen LogP contribution < -0.4 is 5.32 Å². The molecule has 3 heteroatoms. The molecule has 0 fully saturated rings. The van der Waals surface area contributed by atoms with Crippen molar-refractivity contribution >= 4 is 0 Å². The average Bonchev–Trinajstić information content (AvgIpc) is 2.81. The summed E-state index contributed by atoms with van der Waals surface area (Å²) < 4.78 is 5.40. The zero-order valence-electron chi connectivity index (χ0n) is 11.0. The second kappa shape index (κ2) is 6.36. The SMILES string of the molecule is Cc1cnc(CNCCC(C)c2ccccc2)o1. The summed E-state index contributed by atoms with van der Waals surface area (Å²) in [7, 11) is 0. The van der Waals surface area contributed by atoms with Gasteiger partial charge in [0.05, 0.1) is 12.7 Å². The Morgan fingerprint density at radius 3 is 2.72 bits per heavy atom. The molecule has 1 aromatic carbocycles. The predicted octanol–water partition coefficient (Wildman–Crippen LogP) is 3.27. The molecular weight excluding hydrogens is 224 g/mol. The van der Waals surface area contributed by atoms with Crippen molar-refractivity contribution in [3.05, 3.63) is 53.7 Å². The number of benzene rings is 1. The molecule has 0 saturated heterocycles. The quantitative estimate of drug-likeness (QED) is 0.792. The molecule has 1 aromatic heterocycles. The van der Waals surface area contributed by atoms with Crippen molar-refractivity contribution in [3.8, 4) is 0 Å². The van der Waals surface area contributed by atoms with E-state index in [1.165, 1.54) is 5.56 Å². The highest BCUT2D eigenvalue weighted by Gasteiger charge is 2.05. The molecule has 1 atom stereocenters. The maximum atomic E-state index is 5.40. The molecule has 0 aliphatic heterocycles. The molecule has 96 valence electrons. The molecule has 3 nitrogen and oxygen atoms in total. The van der Waals surface area contributed by atoms with Gasteiger partial charge in [0.25, 0.3) is 0 Å². The first-order chi connectivity index (χ1) is 8.75. The fraction of sp³-hybridized carbons (Fsp3) is 0.400. The lowest BCUT2D eigenvalue weighted by Gasteiger charge is -2.11. The van der Waals surface area contributed by atoms with Gasteiger partial charge in [-0.1, -0.05) is 37.3 Å². The minimum absolute atomic E-state index is 0.574. The van der Waals surface area contributed by atoms with Crippen molar-refractivity contribution in [3.63, 3.8) is 0 Å². The Labute approximate surface area is 108 Å². The Morgan fingerprint density at radius 2 is 2.06 bits per heavy atom. The molecule has 1 heterocycles. The highest BCUT2D eigenvalue weighted by Crippen LogP contribution is 2.17. The number of oxazole rings is 1. The topological polar surface area (TPSA) is 38.1 Å². The molecule has 0 aliphatic rings. The van der Waals surface area contributed by atoms with Gasteiger partial charge in [-0.2, -0.15) is 0 Å². The van der Waals surface area contributed by atoms with E-state index in [0.717, 1.165) is 24.6 Å². The maximum Gasteiger partial charge on any atom is 0.208 e. The zero-order valence-corrected chi connectivity index (χ0v) is 11.0. The second-order valence-electron chi connectivity index (χ2n) is 4.64. The molecule has 1 N–H and O–H groups in total. The van der Waals surface area contributed by atoms with Crippen molar-refractivity contribution in [2.45, 2.75) is 32.7 Å². The van der Waals surface area contributed by atoms with Crippen LogP contribution in [0.3, 0.4) is 0 Å². The average molecular weight is 244 g/mol. The lowest BCUT2D eigenvalue weighted by Crippen LogP contribution is -2.16. The number of hydrogen-bond donors (Lipinski definition) is 1. The summed E-state index contributed by atoms with van der Waals surface area (Å²) in [6, 6.07) is 10.6. The number of rotatable bonds is 6. The van der Waals surface area contributed by atoms with Gasteiger partial charge >= 0.3 is 0 Å². The van der Waals surface area contributed by atoms with Gasteiger partial charge < -0.3 is 9.73 Å². The van der Waals surface area contributed by atoms with Crippen molar-refractivity contribution < 1.29 is 4.42 Å². The van der Waals surface area contributed by atoms with Gasteiger partial charge in [-0.25, -0.2) is 4.98 Å². The number of nitrogens with one attached hydrogen (secondary N) is 1. The van der Waals surface area contributed by atoms with Crippen LogP contribution >= 0.6 is 0 Å². The van der Waals surface area contributed by atoms with Crippen molar-refractivity contribution in [1.82, 2.24) is 10.3 Å². The normalized spacial score (nSPS) is 12.6. The minimum Gasteiger partial charge on any atom is -0.445 e. The number of aryl methyl sites for hydroxylation is 1. The van der Waals surface area contributed by atoms with Gasteiger partial charge in [0, 0.05) is 0 Å². The van der Waals surface area contributed by atoms with Crippen LogP contribution in [-0.4, -0.2) is 11.5 Å². The molecule has 18 heavy (non-hydrogen) atoms. The smallest absolute Gasteiger partial charge is 0.208 e. The first kappa shape index (κ1) is 12.8. The number of nitrogens with zero attached hydrogens (tertiary/aromatic N) is 1. The van der Waals surface area contributed by atoms with E-state index in [0.29, 0.717) is 12.5 Å². The van der Waals surface area contributed by atoms with E-state index in [4.69, 9.17) is 4.42 Å². The molecule has 1 unspecified atom stereocenters. The Bertz CT molecular complexity index is 464. The van der Waals surface area contributed by atoms with Crippen molar-refractivity contribution in [2.24, 2.45) is 0 Å². The van der Waals surface area contributed by atoms with E-state index in [1.54, 1.807) is 6.20 Å². The predicted molar refractivity (Wildman–Crippen MR) is 72.4 cm³/mol. The Balaban J connectivity index is 1.69. The van der Waals surface area contributed by atoms with Crippen LogP contribution in [0, 0.1) is 6.92 Å². The van der Waals surface area contributed by atoms with Crippen LogP contribution in [0.25, 0.3) is 0 Å². The monoisotopic (exact) mass is 244 g/mol. The minimum atomic E-state index is 0.574. The molecule has 0 radical (unpaired) electrons. The van der Waals surface area contributed by atoms with Crippen LogP contribution in [0.2, 0.25) is 0 Å². The van der Waals surface area contributed by atoms with Gasteiger partial charge in [-0.15, -0.1) is 0 Å². The summed E-state index contributed by atoms with van der Waals surface area (Å²) >= 11 is 0. The summed E-state index contributed by atoms with van der Waals surface area (Å²) in [6.07, 6.45) is 2.87. The molecule has 0 aliphatic carbocycles. The van der Waals surface area contributed by atoms with E-state index in [1.807, 2.05) is 6.92 Å². The van der Waals surface area contributed by atoms with E-state index >= 15 is 0 Å². The van der Waals surface area contributed by atoms with Gasteiger partial charge in [0.15, 0.2) is 0 Å². The first-order valence-corrected chi connectivity index (χ1v) is 6.42. The number of hydrogen-bond acceptors (Lipinski definition) is 3. The molecule has 0 amide bonds. The fourth-order valence-corrected chi connectivity index (χ4v) is 1.95. The summed E-state index contributed by atoms with van der Waals surface area (Å²) in [5, 5.41) is 3.36. The van der Waals surface area contributed by atoms with Crippen LogP contribution in [0.4, 0.5) is 0 Å². The molecule has 2 rings (SSSR count). The van der Waals surface area contributed by atoms with Gasteiger partial charge in [0.2, 0.25) is 5.89 Å². The van der Waals surface area contributed by atoms with E-state index in [-0.39, 0.29) is 0 Å². The highest BCUT2D eigenvalue weighted by molar-refractivity contribution is 5.18. The van der Waals surface area contributed by atoms with E-state index in [2.05, 4.69) is 47.6 Å². The summed E-state index contributed by atoms with van der Waals surface area (Å²) in [5.74, 6) is 2.20. The lowest BCUT2D eigenvalue weighted by atomic mass is 9.98. The summed E-state index contributed by atoms with van der Waals surface area (Å²) in [4.78, 5) is 4.16. The molecule has 0 bridgehead atoms. The van der Waals surface area contributed by atoms with Crippen molar-refractivity contribution in [2.75, 3.05) is 6.54 Å². The number of aromatic nitrogens is 1. The Hall–Kier alpha value is -1.61. The van der Waals surface area contributed by atoms with Crippen LogP contribution in [-0.2, 0) is 6.54 Å². The summed E-state index contributed by atoms with van der Waals surface area (Å²) in [5.41, 5.74) is 1.39. The Morgan fingerprint density at radius 1 is 1.28 bits per heavy atom. The zero-order chi connectivity index (χ0) is 12.8. The molecule has 2 aromatic rings. The second-order valence-corrected chi connectivity index (χ2v) is 4.64. The fourth-order valence-electron chi connectivity index (χ4n) is 1.95. The van der Waals surface area contributed by atoms with Crippen LogP contribution in [0.15, 0.2) is 40.9 Å². The lowest BCUT2D eigenvalue weighted by molar-refractivity contribution is 0.445. The van der Waals surface area contributed by atoms with Crippen LogP contribution in [0.5, 0.6) is 0 Å². The Kier molecular flexibility index (Phi) is 4.53. The largest absolute Gasteiger partial charge is 0.445 e. The molecular formula is C15H20N2O. The maximum absolute atomic E-state index is 5.40. The van der Waals surface area contributed by atoms with Gasteiger partial charge in [-0.05, 0) is 31.4 Å². The van der Waals surface area contributed by atoms with Crippen LogP contribution in [0.1, 0.15) is 36.5 Å². The molecule has 0 saturated carbocycles. The molecule has 0 spiro atoms.